The number of hydrogen-bond donors (Lipinski definition) is 0. The molecule has 1 unspecified atom stereocenters. The van der Waals surface area contributed by atoms with Crippen LogP contribution in [0.3, 0.4) is 0 Å². The maximum atomic E-state index is 5.02. The van der Waals surface area contributed by atoms with Gasteiger partial charge in [-0.1, -0.05) is 36.5 Å². The van der Waals surface area contributed by atoms with Crippen molar-refractivity contribution in [2.24, 2.45) is 5.92 Å². The van der Waals surface area contributed by atoms with Crippen molar-refractivity contribution >= 4 is 17.1 Å². The van der Waals surface area contributed by atoms with Crippen molar-refractivity contribution < 1.29 is 0 Å². The lowest BCUT2D eigenvalue weighted by atomic mass is 9.82. The monoisotopic (exact) mass is 134 g/mol. The fourth-order valence-electron chi connectivity index (χ4n) is 1.11. The lowest BCUT2D eigenvalue weighted by Crippen LogP contribution is -2.20. The van der Waals surface area contributed by atoms with Crippen molar-refractivity contribution in [2.45, 2.75) is 0 Å². The minimum Gasteiger partial charge on any atom is -0.0839 e. The Bertz CT molecular complexity index is 243. The van der Waals surface area contributed by atoms with Crippen LogP contribution in [0.5, 0.6) is 0 Å². The second kappa shape index (κ2) is 1.64. The van der Waals surface area contributed by atoms with Crippen molar-refractivity contribution in [3.8, 4) is 0 Å². The van der Waals surface area contributed by atoms with Gasteiger partial charge in [-0.3, -0.25) is 0 Å². The van der Waals surface area contributed by atoms with E-state index in [9.17, 15) is 0 Å². The summed E-state index contributed by atoms with van der Waals surface area (Å²) < 4.78 is 0. The van der Waals surface area contributed by atoms with Crippen LogP contribution < -0.4 is 0 Å². The predicted molar refractivity (Wildman–Crippen MR) is 42.5 cm³/mol. The van der Waals surface area contributed by atoms with Gasteiger partial charge in [0, 0.05) is 10.8 Å². The number of fused-ring (bicyclic) bond motifs is 1. The second-order valence-electron chi connectivity index (χ2n) is 2.27. The highest BCUT2D eigenvalue weighted by atomic mass is 32.1. The summed E-state index contributed by atoms with van der Waals surface area (Å²) in [6.45, 7) is 0. The van der Waals surface area contributed by atoms with E-state index >= 15 is 0 Å². The molecule has 0 heterocycles. The molecule has 0 nitrogen and oxygen atoms in total. The molecule has 0 N–H and O–H groups in total. The topological polar surface area (TPSA) is 0 Å². The number of hydrogen-bond acceptors (Lipinski definition) is 1. The highest BCUT2D eigenvalue weighted by Gasteiger charge is 2.22. The highest BCUT2D eigenvalue weighted by molar-refractivity contribution is 7.81. The van der Waals surface area contributed by atoms with E-state index in [0.29, 0.717) is 5.92 Å². The molecule has 0 aromatic carbocycles. The van der Waals surface area contributed by atoms with E-state index < -0.39 is 0 Å². The zero-order chi connectivity index (χ0) is 6.27. The first-order valence-electron chi connectivity index (χ1n) is 2.98. The molecule has 2 aliphatic rings. The van der Waals surface area contributed by atoms with Crippen LogP contribution in [0.4, 0.5) is 0 Å². The van der Waals surface area contributed by atoms with Gasteiger partial charge in [0.15, 0.2) is 0 Å². The van der Waals surface area contributed by atoms with E-state index in [2.05, 4.69) is 18.2 Å². The Morgan fingerprint density at radius 2 is 2.22 bits per heavy atom. The Hall–Kier alpha value is -0.690. The molecule has 0 radical (unpaired) electrons. The van der Waals surface area contributed by atoms with Crippen LogP contribution in [-0.2, 0) is 0 Å². The van der Waals surface area contributed by atoms with Crippen LogP contribution in [0.15, 0.2) is 36.0 Å². The van der Waals surface area contributed by atoms with Gasteiger partial charge in [-0.05, 0) is 11.6 Å². The molecule has 44 valence electrons. The average molecular weight is 134 g/mol. The molecule has 2 rings (SSSR count). The van der Waals surface area contributed by atoms with Crippen molar-refractivity contribution in [1.82, 2.24) is 0 Å². The largest absolute Gasteiger partial charge is 0.0839 e. The first-order valence-corrected chi connectivity index (χ1v) is 3.39. The fraction of sp³-hybridized carbons (Fsp3) is 0.125. The number of thiocarbonyl (C=S) groups is 1. The van der Waals surface area contributed by atoms with Crippen LogP contribution in [0.1, 0.15) is 0 Å². The Labute approximate surface area is 59.6 Å². The molecule has 2 aliphatic carbocycles. The zero-order valence-electron chi connectivity index (χ0n) is 4.87. The van der Waals surface area contributed by atoms with Crippen LogP contribution in [0.2, 0.25) is 0 Å². The maximum Gasteiger partial charge on any atom is 0.0375 e. The Morgan fingerprint density at radius 1 is 1.33 bits per heavy atom. The fourth-order valence-corrected chi connectivity index (χ4v) is 1.46. The summed E-state index contributed by atoms with van der Waals surface area (Å²) in [5.74, 6) is 0.477. The molecule has 0 spiro atoms. The molecule has 0 fully saturated rings. The summed E-state index contributed by atoms with van der Waals surface area (Å²) in [5, 5.41) is 0. The van der Waals surface area contributed by atoms with Crippen molar-refractivity contribution in [2.75, 3.05) is 0 Å². The molecule has 1 heteroatoms. The molecule has 0 aromatic rings. The molecule has 0 saturated carbocycles. The smallest absolute Gasteiger partial charge is 0.0375 e. The minimum absolute atomic E-state index is 0.477. The Morgan fingerprint density at radius 3 is 2.78 bits per heavy atom. The Kier molecular flexibility index (Phi) is 0.935. The van der Waals surface area contributed by atoms with E-state index in [1.807, 2.05) is 12.2 Å². The van der Waals surface area contributed by atoms with Gasteiger partial charge >= 0.3 is 0 Å². The summed E-state index contributed by atoms with van der Waals surface area (Å²) in [4.78, 5) is 1.07. The van der Waals surface area contributed by atoms with Gasteiger partial charge in [-0.15, -0.1) is 0 Å². The van der Waals surface area contributed by atoms with Crippen LogP contribution in [0, 0.1) is 5.92 Å². The lowest BCUT2D eigenvalue weighted by molar-refractivity contribution is 1.03. The van der Waals surface area contributed by atoms with Gasteiger partial charge in [0.25, 0.3) is 0 Å². The van der Waals surface area contributed by atoms with Crippen LogP contribution in [-0.4, -0.2) is 4.86 Å². The van der Waals surface area contributed by atoms with Gasteiger partial charge in [-0.25, -0.2) is 0 Å². The quantitative estimate of drug-likeness (QED) is 0.457. The molecular formula is C8H6S. The zero-order valence-corrected chi connectivity index (χ0v) is 5.69. The van der Waals surface area contributed by atoms with Gasteiger partial charge in [0.2, 0.25) is 0 Å². The first-order chi connectivity index (χ1) is 4.38. The normalized spacial score (nSPS) is 29.1. The van der Waals surface area contributed by atoms with Gasteiger partial charge in [-0.2, -0.15) is 0 Å². The summed E-state index contributed by atoms with van der Waals surface area (Å²) >= 11 is 5.02. The summed E-state index contributed by atoms with van der Waals surface area (Å²) in [6.07, 6.45) is 10.4. The maximum absolute atomic E-state index is 5.02. The second-order valence-corrected chi connectivity index (χ2v) is 2.74. The van der Waals surface area contributed by atoms with Crippen LogP contribution in [0.25, 0.3) is 0 Å². The molecule has 0 saturated heterocycles. The van der Waals surface area contributed by atoms with E-state index in [-0.39, 0.29) is 0 Å². The summed E-state index contributed by atoms with van der Waals surface area (Å²) in [7, 11) is 0. The van der Waals surface area contributed by atoms with E-state index in [1.54, 1.807) is 0 Å². The molecule has 1 atom stereocenters. The van der Waals surface area contributed by atoms with Gasteiger partial charge < -0.3 is 0 Å². The van der Waals surface area contributed by atoms with Crippen LogP contribution >= 0.6 is 12.2 Å². The first kappa shape index (κ1) is 5.12. The molecule has 0 bridgehead atoms. The SMILES string of the molecule is S=C1C=C2C=CC=CC12. The predicted octanol–water partition coefficient (Wildman–Crippen LogP) is 2.04. The highest BCUT2D eigenvalue weighted by Crippen LogP contribution is 2.29. The third kappa shape index (κ3) is 0.615. The van der Waals surface area contributed by atoms with Crippen molar-refractivity contribution in [1.29, 1.82) is 0 Å². The minimum atomic E-state index is 0.477. The third-order valence-corrected chi connectivity index (χ3v) is 2.05. The summed E-state index contributed by atoms with van der Waals surface area (Å²) in [6, 6.07) is 0. The van der Waals surface area contributed by atoms with Crippen molar-refractivity contribution in [3.05, 3.63) is 36.0 Å². The average Bonchev–Trinajstić information content (AvgIpc) is 1.86. The van der Waals surface area contributed by atoms with Gasteiger partial charge in [0.1, 0.15) is 0 Å². The molecular weight excluding hydrogens is 128 g/mol. The molecule has 0 amide bonds. The number of allylic oxidation sites excluding steroid dienone is 6. The van der Waals surface area contributed by atoms with Gasteiger partial charge in [0.05, 0.1) is 0 Å². The van der Waals surface area contributed by atoms with E-state index in [4.69, 9.17) is 12.2 Å². The third-order valence-electron chi connectivity index (χ3n) is 1.68. The lowest BCUT2D eigenvalue weighted by Gasteiger charge is -2.24. The van der Waals surface area contributed by atoms with E-state index in [0.717, 1.165) is 4.86 Å². The molecule has 9 heavy (non-hydrogen) atoms. The Balaban J connectivity index is 2.43. The summed E-state index contributed by atoms with van der Waals surface area (Å²) in [5.41, 5.74) is 1.36. The number of rotatable bonds is 0. The van der Waals surface area contributed by atoms with Crippen molar-refractivity contribution in [3.63, 3.8) is 0 Å². The molecule has 0 aromatic heterocycles. The molecule has 0 aliphatic heterocycles. The van der Waals surface area contributed by atoms with E-state index in [1.165, 1.54) is 5.57 Å². The standard InChI is InChI=1S/C8H6S/c9-8-5-6-3-1-2-4-7(6)8/h1-5,7H.